The Morgan fingerprint density at radius 2 is 2.15 bits per heavy atom. The SMILES string of the molecule is O=C(Nc1ccc(OCc2ccccn2)c(F)c1)C1CC2CCCCC2N1. The zero-order valence-corrected chi connectivity index (χ0v) is 15.2. The number of halogens is 1. The molecule has 2 heterocycles. The summed E-state index contributed by atoms with van der Waals surface area (Å²) in [4.78, 5) is 16.7. The third-order valence-electron chi connectivity index (χ3n) is 5.48. The molecule has 4 rings (SSSR count). The second kappa shape index (κ2) is 8.05. The number of hydrogen-bond acceptors (Lipinski definition) is 4. The van der Waals surface area contributed by atoms with Gasteiger partial charge in [-0.15, -0.1) is 0 Å². The number of benzene rings is 1. The van der Waals surface area contributed by atoms with Crippen LogP contribution in [0.15, 0.2) is 42.6 Å². The summed E-state index contributed by atoms with van der Waals surface area (Å²) in [6, 6.07) is 10.2. The summed E-state index contributed by atoms with van der Waals surface area (Å²) in [7, 11) is 0. The molecule has 2 N–H and O–H groups in total. The lowest BCUT2D eigenvalue weighted by Crippen LogP contribution is -2.39. The minimum atomic E-state index is -0.503. The maximum absolute atomic E-state index is 14.3. The topological polar surface area (TPSA) is 63.2 Å². The predicted molar refractivity (Wildman–Crippen MR) is 101 cm³/mol. The minimum absolute atomic E-state index is 0.0917. The van der Waals surface area contributed by atoms with Crippen molar-refractivity contribution in [2.45, 2.75) is 50.8 Å². The van der Waals surface area contributed by atoms with Crippen LogP contribution >= 0.6 is 0 Å². The molecule has 3 atom stereocenters. The first-order chi connectivity index (χ1) is 13.2. The van der Waals surface area contributed by atoms with Gasteiger partial charge in [0, 0.05) is 24.0 Å². The monoisotopic (exact) mass is 369 g/mol. The molecule has 2 aromatic rings. The molecular formula is C21H24FN3O2. The fraction of sp³-hybridized carbons (Fsp3) is 0.429. The van der Waals surface area contributed by atoms with Crippen molar-refractivity contribution in [2.75, 3.05) is 5.32 Å². The number of rotatable bonds is 5. The number of amides is 1. The first kappa shape index (κ1) is 17.9. The lowest BCUT2D eigenvalue weighted by Gasteiger charge is -2.24. The maximum Gasteiger partial charge on any atom is 0.241 e. The lowest BCUT2D eigenvalue weighted by atomic mass is 9.85. The van der Waals surface area contributed by atoms with Gasteiger partial charge in [-0.05, 0) is 49.4 Å². The van der Waals surface area contributed by atoms with Crippen LogP contribution < -0.4 is 15.4 Å². The molecular weight excluding hydrogens is 345 g/mol. The number of hydrogen-bond donors (Lipinski definition) is 2. The molecule has 5 nitrogen and oxygen atoms in total. The number of ether oxygens (including phenoxy) is 1. The number of pyridine rings is 1. The van der Waals surface area contributed by atoms with E-state index >= 15 is 0 Å². The number of fused-ring (bicyclic) bond motifs is 1. The van der Waals surface area contributed by atoms with Crippen LogP contribution in [0.3, 0.4) is 0 Å². The van der Waals surface area contributed by atoms with E-state index in [1.807, 2.05) is 18.2 Å². The van der Waals surface area contributed by atoms with Crippen LogP contribution in [0.25, 0.3) is 0 Å². The zero-order chi connectivity index (χ0) is 18.6. The highest BCUT2D eigenvalue weighted by atomic mass is 19.1. The van der Waals surface area contributed by atoms with E-state index in [0.717, 1.165) is 18.5 Å². The van der Waals surface area contributed by atoms with Crippen molar-refractivity contribution < 1.29 is 13.9 Å². The van der Waals surface area contributed by atoms with Crippen LogP contribution in [0.4, 0.5) is 10.1 Å². The number of nitrogens with one attached hydrogen (secondary N) is 2. The molecule has 142 valence electrons. The summed E-state index contributed by atoms with van der Waals surface area (Å²) in [5.74, 6) is 0.139. The van der Waals surface area contributed by atoms with Gasteiger partial charge >= 0.3 is 0 Å². The first-order valence-electron chi connectivity index (χ1n) is 9.58. The molecule has 1 aliphatic heterocycles. The number of carbonyl (C=O) groups is 1. The van der Waals surface area contributed by atoms with Gasteiger partial charge in [-0.3, -0.25) is 9.78 Å². The van der Waals surface area contributed by atoms with Crippen LogP contribution in [-0.4, -0.2) is 23.0 Å². The van der Waals surface area contributed by atoms with E-state index in [-0.39, 0.29) is 24.3 Å². The largest absolute Gasteiger partial charge is 0.484 e. The molecule has 1 saturated carbocycles. The molecule has 1 amide bonds. The van der Waals surface area contributed by atoms with Crippen LogP contribution in [0, 0.1) is 11.7 Å². The van der Waals surface area contributed by atoms with Gasteiger partial charge in [0.05, 0.1) is 11.7 Å². The fourth-order valence-electron chi connectivity index (χ4n) is 4.08. The highest BCUT2D eigenvalue weighted by molar-refractivity contribution is 5.95. The second-order valence-corrected chi connectivity index (χ2v) is 7.35. The molecule has 0 bridgehead atoms. The molecule has 0 radical (unpaired) electrons. The van der Waals surface area contributed by atoms with Gasteiger partial charge < -0.3 is 15.4 Å². The molecule has 2 fully saturated rings. The Labute approximate surface area is 158 Å². The van der Waals surface area contributed by atoms with Gasteiger partial charge in [-0.25, -0.2) is 4.39 Å². The average Bonchev–Trinajstić information content (AvgIpc) is 3.13. The summed E-state index contributed by atoms with van der Waals surface area (Å²) in [5.41, 5.74) is 1.17. The normalized spacial score (nSPS) is 24.3. The Hall–Kier alpha value is -2.47. The van der Waals surface area contributed by atoms with E-state index in [2.05, 4.69) is 15.6 Å². The van der Waals surface area contributed by atoms with Crippen LogP contribution in [0.5, 0.6) is 5.75 Å². The third kappa shape index (κ3) is 4.27. The molecule has 3 unspecified atom stereocenters. The third-order valence-corrected chi connectivity index (χ3v) is 5.48. The van der Waals surface area contributed by atoms with Crippen LogP contribution in [-0.2, 0) is 11.4 Å². The van der Waals surface area contributed by atoms with Crippen molar-refractivity contribution in [3.05, 3.63) is 54.1 Å². The highest BCUT2D eigenvalue weighted by Gasteiger charge is 2.38. The summed E-state index contributed by atoms with van der Waals surface area (Å²) < 4.78 is 19.8. The highest BCUT2D eigenvalue weighted by Crippen LogP contribution is 2.33. The number of nitrogens with zero attached hydrogens (tertiary/aromatic N) is 1. The van der Waals surface area contributed by atoms with Gasteiger partial charge in [-0.1, -0.05) is 18.9 Å². The van der Waals surface area contributed by atoms with E-state index < -0.39 is 5.82 Å². The Morgan fingerprint density at radius 1 is 1.26 bits per heavy atom. The minimum Gasteiger partial charge on any atom is -0.484 e. The van der Waals surface area contributed by atoms with Crippen molar-refractivity contribution in [2.24, 2.45) is 5.92 Å². The standard InChI is InChI=1S/C21H24FN3O2/c22-17-12-15(8-9-20(17)27-13-16-6-3-4-10-23-16)24-21(26)19-11-14-5-1-2-7-18(14)25-19/h3-4,6,8-10,12,14,18-19,25H,1-2,5,7,11,13H2,(H,24,26). The molecule has 1 aromatic heterocycles. The summed E-state index contributed by atoms with van der Waals surface area (Å²) in [6.07, 6.45) is 7.35. The molecule has 1 aliphatic carbocycles. The molecule has 1 aromatic carbocycles. The van der Waals surface area contributed by atoms with Crippen molar-refractivity contribution >= 4 is 11.6 Å². The maximum atomic E-state index is 14.3. The smallest absolute Gasteiger partial charge is 0.241 e. The lowest BCUT2D eigenvalue weighted by molar-refractivity contribution is -0.117. The molecule has 2 aliphatic rings. The summed E-state index contributed by atoms with van der Waals surface area (Å²) in [5, 5.41) is 6.27. The van der Waals surface area contributed by atoms with Crippen molar-refractivity contribution in [1.82, 2.24) is 10.3 Å². The van der Waals surface area contributed by atoms with Crippen molar-refractivity contribution in [1.29, 1.82) is 0 Å². The average molecular weight is 369 g/mol. The van der Waals surface area contributed by atoms with Gasteiger partial charge in [0.1, 0.15) is 6.61 Å². The van der Waals surface area contributed by atoms with Gasteiger partial charge in [0.15, 0.2) is 11.6 Å². The molecule has 6 heteroatoms. The van der Waals surface area contributed by atoms with E-state index in [4.69, 9.17) is 4.74 Å². The Morgan fingerprint density at radius 3 is 2.93 bits per heavy atom. The zero-order valence-electron chi connectivity index (χ0n) is 15.2. The van der Waals surface area contributed by atoms with E-state index in [0.29, 0.717) is 17.6 Å². The number of aromatic nitrogens is 1. The molecule has 1 saturated heterocycles. The fourth-order valence-corrected chi connectivity index (χ4v) is 4.08. The number of carbonyl (C=O) groups excluding carboxylic acids is 1. The first-order valence-corrected chi connectivity index (χ1v) is 9.58. The van der Waals surface area contributed by atoms with E-state index in [9.17, 15) is 9.18 Å². The van der Waals surface area contributed by atoms with Gasteiger partial charge in [-0.2, -0.15) is 0 Å². The van der Waals surface area contributed by atoms with E-state index in [1.54, 1.807) is 12.3 Å². The van der Waals surface area contributed by atoms with Gasteiger partial charge in [0.2, 0.25) is 5.91 Å². The van der Waals surface area contributed by atoms with Crippen LogP contribution in [0.1, 0.15) is 37.8 Å². The Bertz CT molecular complexity index is 785. The van der Waals surface area contributed by atoms with E-state index in [1.165, 1.54) is 31.4 Å². The van der Waals surface area contributed by atoms with Crippen molar-refractivity contribution in [3.63, 3.8) is 0 Å². The Balaban J connectivity index is 1.34. The second-order valence-electron chi connectivity index (χ2n) is 7.35. The number of anilines is 1. The summed E-state index contributed by atoms with van der Waals surface area (Å²) >= 11 is 0. The summed E-state index contributed by atoms with van der Waals surface area (Å²) in [6.45, 7) is 0.193. The van der Waals surface area contributed by atoms with Crippen molar-refractivity contribution in [3.8, 4) is 5.75 Å². The molecule has 27 heavy (non-hydrogen) atoms. The predicted octanol–water partition coefficient (Wildman–Crippen LogP) is 3.66. The van der Waals surface area contributed by atoms with Gasteiger partial charge in [0.25, 0.3) is 0 Å². The quantitative estimate of drug-likeness (QED) is 0.844. The Kier molecular flexibility index (Phi) is 5.34. The molecule has 0 spiro atoms. The van der Waals surface area contributed by atoms with Crippen LogP contribution in [0.2, 0.25) is 0 Å².